The quantitative estimate of drug-likeness (QED) is 0.493. The molecule has 3 aromatic rings. The number of nitrogens with one attached hydrogen (secondary N) is 2. The normalized spacial score (nSPS) is 16.5. The first-order chi connectivity index (χ1) is 15.7. The number of carbonyl (C=O) groups is 1. The van der Waals surface area contributed by atoms with Gasteiger partial charge in [-0.05, 0) is 60.5 Å². The Bertz CT molecular complexity index is 1120. The van der Waals surface area contributed by atoms with E-state index in [2.05, 4.69) is 69.9 Å². The minimum atomic E-state index is -0.616. The smallest absolute Gasteiger partial charge is 0.271 e. The van der Waals surface area contributed by atoms with Gasteiger partial charge in [-0.15, -0.1) is 0 Å². The average Bonchev–Trinajstić information content (AvgIpc) is 3.18. The molecule has 174 valence electrons. The van der Waals surface area contributed by atoms with Crippen molar-refractivity contribution in [3.63, 3.8) is 0 Å². The largest absolute Gasteiger partial charge is 0.381 e. The van der Waals surface area contributed by atoms with Crippen molar-refractivity contribution in [1.82, 2.24) is 14.3 Å². The third kappa shape index (κ3) is 5.60. The predicted octanol–water partition coefficient (Wildman–Crippen LogP) is 4.46. The van der Waals surface area contributed by atoms with Crippen molar-refractivity contribution >= 4 is 39.8 Å². The van der Waals surface area contributed by atoms with Crippen molar-refractivity contribution < 1.29 is 4.79 Å². The van der Waals surface area contributed by atoms with E-state index in [1.54, 1.807) is 6.20 Å². The number of primary amides is 1. The summed E-state index contributed by atoms with van der Waals surface area (Å²) in [4.78, 5) is 23.1. The molecular formula is C24H31N7OS. The van der Waals surface area contributed by atoms with Crippen molar-refractivity contribution in [3.05, 3.63) is 53.5 Å². The van der Waals surface area contributed by atoms with Gasteiger partial charge in [-0.1, -0.05) is 32.9 Å². The molecule has 1 atom stereocenters. The highest BCUT2D eigenvalue weighted by molar-refractivity contribution is 7.10. The van der Waals surface area contributed by atoms with Crippen LogP contribution in [0, 0.1) is 6.92 Å². The van der Waals surface area contributed by atoms with E-state index in [4.69, 9.17) is 10.7 Å². The molecule has 1 aliphatic heterocycles. The van der Waals surface area contributed by atoms with Crippen LogP contribution in [0.4, 0.5) is 22.3 Å². The number of piperidine rings is 1. The number of amides is 1. The average molecular weight is 466 g/mol. The number of anilines is 4. The van der Waals surface area contributed by atoms with Crippen LogP contribution in [-0.4, -0.2) is 39.4 Å². The lowest BCUT2D eigenvalue weighted by molar-refractivity contribution is 0.0996. The van der Waals surface area contributed by atoms with Gasteiger partial charge in [0.1, 0.15) is 10.8 Å². The summed E-state index contributed by atoms with van der Waals surface area (Å²) in [5.74, 6) is 0.462. The Labute approximate surface area is 198 Å². The van der Waals surface area contributed by atoms with E-state index in [1.165, 1.54) is 17.1 Å². The zero-order valence-corrected chi connectivity index (χ0v) is 20.4. The summed E-state index contributed by atoms with van der Waals surface area (Å²) in [5.41, 5.74) is 9.12. The van der Waals surface area contributed by atoms with Crippen molar-refractivity contribution in [2.24, 2.45) is 5.73 Å². The number of hydrogen-bond donors (Lipinski definition) is 3. The molecule has 33 heavy (non-hydrogen) atoms. The van der Waals surface area contributed by atoms with Crippen LogP contribution in [0.2, 0.25) is 0 Å². The number of carbonyl (C=O) groups excluding carboxylic acids is 1. The summed E-state index contributed by atoms with van der Waals surface area (Å²) in [6, 6.07) is 10.9. The summed E-state index contributed by atoms with van der Waals surface area (Å²) in [5, 5.41) is 7.61. The minimum Gasteiger partial charge on any atom is -0.381 e. The van der Waals surface area contributed by atoms with Crippen LogP contribution in [0.3, 0.4) is 0 Å². The van der Waals surface area contributed by atoms with Gasteiger partial charge in [0.05, 0.1) is 11.9 Å². The molecule has 9 heteroatoms. The lowest BCUT2D eigenvalue weighted by Crippen LogP contribution is -2.42. The highest BCUT2D eigenvalue weighted by atomic mass is 32.1. The Balaban J connectivity index is 1.49. The van der Waals surface area contributed by atoms with Crippen LogP contribution < -0.4 is 21.3 Å². The van der Waals surface area contributed by atoms with E-state index in [0.717, 1.165) is 48.1 Å². The molecule has 8 nitrogen and oxygen atoms in total. The Morgan fingerprint density at radius 1 is 1.24 bits per heavy atom. The second-order valence-electron chi connectivity index (χ2n) is 9.50. The second kappa shape index (κ2) is 9.35. The van der Waals surface area contributed by atoms with Gasteiger partial charge in [0.15, 0.2) is 11.5 Å². The van der Waals surface area contributed by atoms with Crippen LogP contribution in [0.1, 0.15) is 55.4 Å². The molecular weight excluding hydrogens is 434 g/mol. The Hall–Kier alpha value is -3.20. The first kappa shape index (κ1) is 23.0. The number of aromatic nitrogens is 3. The minimum absolute atomic E-state index is 0.121. The monoisotopic (exact) mass is 465 g/mol. The summed E-state index contributed by atoms with van der Waals surface area (Å²) < 4.78 is 4.26. The molecule has 0 saturated carbocycles. The maximum atomic E-state index is 11.9. The number of benzene rings is 1. The summed E-state index contributed by atoms with van der Waals surface area (Å²) in [7, 11) is 0. The van der Waals surface area contributed by atoms with Gasteiger partial charge < -0.3 is 21.3 Å². The van der Waals surface area contributed by atoms with E-state index in [-0.39, 0.29) is 17.2 Å². The van der Waals surface area contributed by atoms with Crippen LogP contribution in [0.15, 0.2) is 36.5 Å². The molecule has 0 unspecified atom stereocenters. The summed E-state index contributed by atoms with van der Waals surface area (Å²) in [6.45, 7) is 10.3. The van der Waals surface area contributed by atoms with Crippen LogP contribution in [0.5, 0.6) is 0 Å². The Morgan fingerprint density at radius 2 is 2.00 bits per heavy atom. The second-order valence-corrected chi connectivity index (χ2v) is 10.3. The molecule has 4 rings (SSSR count). The summed E-state index contributed by atoms with van der Waals surface area (Å²) >= 11 is 1.31. The zero-order valence-electron chi connectivity index (χ0n) is 19.6. The van der Waals surface area contributed by atoms with Gasteiger partial charge in [-0.2, -0.15) is 4.37 Å². The Morgan fingerprint density at radius 3 is 2.64 bits per heavy atom. The fourth-order valence-corrected chi connectivity index (χ4v) is 4.60. The molecule has 0 spiro atoms. The highest BCUT2D eigenvalue weighted by Crippen LogP contribution is 2.27. The Kier molecular flexibility index (Phi) is 6.51. The van der Waals surface area contributed by atoms with E-state index in [0.29, 0.717) is 5.82 Å². The van der Waals surface area contributed by atoms with Crippen LogP contribution >= 0.6 is 11.5 Å². The SMILES string of the molecule is Cc1cc(Nc2nc(N3CCC[C@@H](Nc4ccc(C(C)(C)C)cc4)C3)cnc2C(N)=O)sn1. The molecule has 1 aromatic carbocycles. The molecule has 0 aliphatic carbocycles. The standard InChI is InChI=1S/C24H31N7OS/c1-15-12-20(33-30-15)29-23-21(22(25)32)26-13-19(28-23)31-11-5-6-18(14-31)27-17-9-7-16(8-10-17)24(2,3)4/h7-10,12-13,18,27H,5-6,11,14H2,1-4H3,(H2,25,32)(H,28,29)/t18-/m1/s1. The van der Waals surface area contributed by atoms with E-state index >= 15 is 0 Å². The van der Waals surface area contributed by atoms with E-state index < -0.39 is 5.91 Å². The van der Waals surface area contributed by atoms with Gasteiger partial charge in [0.2, 0.25) is 0 Å². The molecule has 0 bridgehead atoms. The van der Waals surface area contributed by atoms with Crippen LogP contribution in [0.25, 0.3) is 0 Å². The lowest BCUT2D eigenvalue weighted by Gasteiger charge is -2.34. The summed E-state index contributed by atoms with van der Waals surface area (Å²) in [6.07, 6.45) is 3.74. The third-order valence-electron chi connectivity index (χ3n) is 5.73. The fraction of sp³-hybridized carbons (Fsp3) is 0.417. The van der Waals surface area contributed by atoms with Crippen molar-refractivity contribution in [3.8, 4) is 0 Å². The maximum Gasteiger partial charge on any atom is 0.271 e. The molecule has 3 heterocycles. The van der Waals surface area contributed by atoms with Crippen molar-refractivity contribution in [1.29, 1.82) is 0 Å². The zero-order chi connectivity index (χ0) is 23.6. The first-order valence-electron chi connectivity index (χ1n) is 11.2. The number of aryl methyl sites for hydroxylation is 1. The van der Waals surface area contributed by atoms with Crippen LogP contribution in [-0.2, 0) is 5.41 Å². The number of rotatable bonds is 6. The molecule has 1 amide bonds. The number of nitrogens with zero attached hydrogens (tertiary/aromatic N) is 4. The topological polar surface area (TPSA) is 109 Å². The van der Waals surface area contributed by atoms with E-state index in [9.17, 15) is 4.79 Å². The van der Waals surface area contributed by atoms with Gasteiger partial charge in [-0.3, -0.25) is 4.79 Å². The lowest BCUT2D eigenvalue weighted by atomic mass is 9.87. The van der Waals surface area contributed by atoms with Gasteiger partial charge in [0, 0.05) is 24.8 Å². The molecule has 1 saturated heterocycles. The predicted molar refractivity (Wildman–Crippen MR) is 135 cm³/mol. The van der Waals surface area contributed by atoms with Crippen molar-refractivity contribution in [2.75, 3.05) is 28.6 Å². The number of hydrogen-bond acceptors (Lipinski definition) is 8. The maximum absolute atomic E-state index is 11.9. The number of nitrogens with two attached hydrogens (primary N) is 1. The third-order valence-corrected chi connectivity index (χ3v) is 6.53. The molecule has 0 radical (unpaired) electrons. The molecule has 4 N–H and O–H groups in total. The fourth-order valence-electron chi connectivity index (χ4n) is 3.94. The van der Waals surface area contributed by atoms with E-state index in [1.807, 2.05) is 13.0 Å². The molecule has 2 aromatic heterocycles. The molecule has 1 aliphatic rings. The first-order valence-corrected chi connectivity index (χ1v) is 12.0. The van der Waals surface area contributed by atoms with Gasteiger partial charge in [0.25, 0.3) is 5.91 Å². The van der Waals surface area contributed by atoms with Gasteiger partial charge >= 0.3 is 0 Å². The highest BCUT2D eigenvalue weighted by Gasteiger charge is 2.23. The van der Waals surface area contributed by atoms with Crippen molar-refractivity contribution in [2.45, 2.75) is 52.0 Å². The van der Waals surface area contributed by atoms with Gasteiger partial charge in [-0.25, -0.2) is 9.97 Å². The molecule has 1 fully saturated rings.